The molecular formula is C9F18O. The lowest BCUT2D eigenvalue weighted by molar-refractivity contribution is -0.424. The van der Waals surface area contributed by atoms with Gasteiger partial charge >= 0.3 is 47.9 Å². The Morgan fingerprint density at radius 3 is 0.750 bits per heavy atom. The average Bonchev–Trinajstić information content (AvgIpc) is 2.29. The molecule has 0 fully saturated rings. The normalized spacial score (nSPS) is 16.4. The van der Waals surface area contributed by atoms with Crippen LogP contribution in [0.1, 0.15) is 0 Å². The van der Waals surface area contributed by atoms with E-state index in [2.05, 4.69) is 0 Å². The Balaban J connectivity index is 7.41. The van der Waals surface area contributed by atoms with Crippen LogP contribution >= 0.6 is 0 Å². The van der Waals surface area contributed by atoms with Gasteiger partial charge in [0.05, 0.1) is 0 Å². The first kappa shape index (κ1) is 26.4. The van der Waals surface area contributed by atoms with Crippen molar-refractivity contribution in [3.05, 3.63) is 0 Å². The molecule has 28 heavy (non-hydrogen) atoms. The number of ketones is 1. The van der Waals surface area contributed by atoms with E-state index in [9.17, 15) is 83.8 Å². The molecular weight excluding hydrogens is 466 g/mol. The number of hydrogen-bond donors (Lipinski definition) is 0. The highest BCUT2D eigenvalue weighted by Crippen LogP contribution is 2.65. The Hall–Kier alpha value is -1.59. The van der Waals surface area contributed by atoms with Crippen molar-refractivity contribution in [1.29, 1.82) is 0 Å². The third-order valence-corrected chi connectivity index (χ3v) is 3.12. The largest absolute Gasteiger partial charge is 0.438 e. The summed E-state index contributed by atoms with van der Waals surface area (Å²) in [6.45, 7) is 0. The van der Waals surface area contributed by atoms with Crippen molar-refractivity contribution in [2.45, 2.75) is 42.5 Å². The SMILES string of the molecule is O=C(C(F)(F)C(F)(C(F)(F)F)C(F)(F)F)C(C(F)(F)F)(C(F)(F)F)C(F)(F)F. The molecule has 0 spiro atoms. The van der Waals surface area contributed by atoms with E-state index in [1.54, 1.807) is 0 Å². The van der Waals surface area contributed by atoms with E-state index in [1.165, 1.54) is 0 Å². The van der Waals surface area contributed by atoms with Crippen molar-refractivity contribution in [1.82, 2.24) is 0 Å². The van der Waals surface area contributed by atoms with Gasteiger partial charge in [0.1, 0.15) is 0 Å². The first-order valence-electron chi connectivity index (χ1n) is 5.61. The van der Waals surface area contributed by atoms with Gasteiger partial charge in [0.25, 0.3) is 0 Å². The lowest BCUT2D eigenvalue weighted by Crippen LogP contribution is -2.75. The quantitative estimate of drug-likeness (QED) is 0.489. The van der Waals surface area contributed by atoms with Gasteiger partial charge in [-0.25, -0.2) is 4.39 Å². The Kier molecular flexibility index (Phi) is 5.85. The van der Waals surface area contributed by atoms with Gasteiger partial charge in [0.15, 0.2) is 0 Å². The molecule has 1 nitrogen and oxygen atoms in total. The smallest absolute Gasteiger partial charge is 0.291 e. The molecule has 0 radical (unpaired) electrons. The third kappa shape index (κ3) is 3.22. The lowest BCUT2D eigenvalue weighted by atomic mass is 9.74. The molecule has 0 aromatic heterocycles. The van der Waals surface area contributed by atoms with Gasteiger partial charge in [-0.15, -0.1) is 0 Å². The summed E-state index contributed by atoms with van der Waals surface area (Å²) in [6.07, 6.45) is -41.2. The van der Waals surface area contributed by atoms with Crippen LogP contribution in [0.5, 0.6) is 0 Å². The Morgan fingerprint density at radius 1 is 0.393 bits per heavy atom. The van der Waals surface area contributed by atoms with E-state index >= 15 is 0 Å². The highest BCUT2D eigenvalue weighted by atomic mass is 19.4. The molecule has 0 aromatic carbocycles. The molecule has 0 aliphatic carbocycles. The van der Waals surface area contributed by atoms with Crippen LogP contribution in [-0.2, 0) is 4.79 Å². The number of alkyl halides is 18. The van der Waals surface area contributed by atoms with E-state index in [0.717, 1.165) is 0 Å². The maximum Gasteiger partial charge on any atom is 0.438 e. The van der Waals surface area contributed by atoms with Crippen LogP contribution in [-0.4, -0.2) is 48.3 Å². The van der Waals surface area contributed by atoms with Crippen molar-refractivity contribution < 1.29 is 83.8 Å². The van der Waals surface area contributed by atoms with Crippen LogP contribution in [0.25, 0.3) is 0 Å². The summed E-state index contributed by atoms with van der Waals surface area (Å²) < 4.78 is 225. The number of hydrogen-bond acceptors (Lipinski definition) is 1. The standard InChI is InChI=1S/C9F18O/c10-3(11,4(12,8(22,23)24)9(25,26)27)1(28)2(5(13,14)15,6(16,17)18)7(19,20)21. The maximum atomic E-state index is 13.3. The van der Waals surface area contributed by atoms with Crippen LogP contribution in [0.3, 0.4) is 0 Å². The second kappa shape index (κ2) is 6.20. The molecule has 0 unspecified atom stereocenters. The fourth-order valence-electron chi connectivity index (χ4n) is 1.78. The van der Waals surface area contributed by atoms with Gasteiger partial charge in [-0.1, -0.05) is 0 Å². The first-order chi connectivity index (χ1) is 11.7. The summed E-state index contributed by atoms with van der Waals surface area (Å²) >= 11 is 0. The molecule has 0 heterocycles. The van der Waals surface area contributed by atoms with Crippen LogP contribution < -0.4 is 0 Å². The van der Waals surface area contributed by atoms with Crippen molar-refractivity contribution >= 4 is 5.78 Å². The Labute approximate surface area is 139 Å². The van der Waals surface area contributed by atoms with E-state index in [1.807, 2.05) is 0 Å². The van der Waals surface area contributed by atoms with Gasteiger partial charge in [0, 0.05) is 0 Å². The number of carbonyl (C=O) groups excluding carboxylic acids is 1. The zero-order chi connectivity index (χ0) is 23.6. The molecule has 0 bridgehead atoms. The zero-order valence-electron chi connectivity index (χ0n) is 11.7. The second-order valence-corrected chi connectivity index (χ2v) is 4.80. The van der Waals surface area contributed by atoms with Gasteiger partial charge in [-0.2, -0.15) is 74.6 Å². The molecule has 0 saturated heterocycles. The molecule has 0 aliphatic heterocycles. The molecule has 0 saturated carbocycles. The summed E-state index contributed by atoms with van der Waals surface area (Å²) in [4.78, 5) is 10.8. The maximum absolute atomic E-state index is 13.3. The summed E-state index contributed by atoms with van der Waals surface area (Å²) in [6, 6.07) is 0. The van der Waals surface area contributed by atoms with Crippen molar-refractivity contribution in [2.75, 3.05) is 0 Å². The van der Waals surface area contributed by atoms with Gasteiger partial charge in [-0.3, -0.25) is 4.79 Å². The molecule has 168 valence electrons. The lowest BCUT2D eigenvalue weighted by Gasteiger charge is -2.42. The number of halogens is 18. The molecule has 0 rings (SSSR count). The van der Waals surface area contributed by atoms with Crippen LogP contribution in [0.15, 0.2) is 0 Å². The van der Waals surface area contributed by atoms with E-state index in [4.69, 9.17) is 0 Å². The highest BCUT2D eigenvalue weighted by Gasteiger charge is 2.96. The first-order valence-corrected chi connectivity index (χ1v) is 5.61. The third-order valence-electron chi connectivity index (χ3n) is 3.12. The number of rotatable bonds is 3. The van der Waals surface area contributed by atoms with E-state index in [0.29, 0.717) is 0 Å². The Bertz CT molecular complexity index is 543. The fraction of sp³-hybridized carbons (Fsp3) is 0.889. The van der Waals surface area contributed by atoms with Gasteiger partial charge in [-0.05, 0) is 0 Å². The Morgan fingerprint density at radius 2 is 0.607 bits per heavy atom. The predicted molar refractivity (Wildman–Crippen MR) is 46.5 cm³/mol. The van der Waals surface area contributed by atoms with E-state index in [-0.39, 0.29) is 0 Å². The topological polar surface area (TPSA) is 17.1 Å². The van der Waals surface area contributed by atoms with Gasteiger partial charge < -0.3 is 0 Å². The molecule has 19 heteroatoms. The molecule has 0 atom stereocenters. The molecule has 0 aliphatic rings. The summed E-state index contributed by atoms with van der Waals surface area (Å²) in [5, 5.41) is 0. The highest BCUT2D eigenvalue weighted by molar-refractivity contribution is 5.95. The van der Waals surface area contributed by atoms with Gasteiger partial charge in [0.2, 0.25) is 5.78 Å². The minimum Gasteiger partial charge on any atom is -0.291 e. The summed E-state index contributed by atoms with van der Waals surface area (Å²) in [5.41, 5.74) is -17.0. The zero-order valence-corrected chi connectivity index (χ0v) is 11.7. The molecule has 0 amide bonds. The van der Waals surface area contributed by atoms with Crippen LogP contribution in [0.2, 0.25) is 0 Å². The van der Waals surface area contributed by atoms with Crippen molar-refractivity contribution in [3.8, 4) is 0 Å². The van der Waals surface area contributed by atoms with E-state index < -0.39 is 53.7 Å². The number of Topliss-reactive ketones (excluding diaryl/α,β-unsaturated/α-hetero) is 1. The monoisotopic (exact) mass is 466 g/mol. The van der Waals surface area contributed by atoms with Crippen LogP contribution in [0.4, 0.5) is 79.0 Å². The molecule has 0 N–H and O–H groups in total. The van der Waals surface area contributed by atoms with Crippen molar-refractivity contribution in [2.24, 2.45) is 5.41 Å². The fourth-order valence-corrected chi connectivity index (χ4v) is 1.78. The number of carbonyl (C=O) groups is 1. The predicted octanol–water partition coefficient (Wildman–Crippen LogP) is 5.70. The summed E-state index contributed by atoms with van der Waals surface area (Å²) in [7, 11) is 0. The minimum atomic E-state index is -8.58. The minimum absolute atomic E-state index is 6.11. The average molecular weight is 466 g/mol. The van der Waals surface area contributed by atoms with Crippen LogP contribution in [0, 0.1) is 5.41 Å². The summed E-state index contributed by atoms with van der Waals surface area (Å²) in [5.74, 6) is -14.7. The van der Waals surface area contributed by atoms with Crippen molar-refractivity contribution in [3.63, 3.8) is 0 Å². The second-order valence-electron chi connectivity index (χ2n) is 4.80. The molecule has 0 aromatic rings.